The molecule has 0 radical (unpaired) electrons. The van der Waals surface area contributed by atoms with E-state index in [1.807, 2.05) is 6.21 Å². The molecule has 0 saturated carbocycles. The minimum absolute atomic E-state index is 0.629. The van der Waals surface area contributed by atoms with Gasteiger partial charge in [-0.2, -0.15) is 0 Å². The van der Waals surface area contributed by atoms with Crippen LogP contribution in [-0.4, -0.2) is 11.2 Å². The molecule has 0 bridgehead atoms. The molecular weight excluding hydrogens is 146 g/mol. The summed E-state index contributed by atoms with van der Waals surface area (Å²) < 4.78 is 0. The molecule has 10 heavy (non-hydrogen) atoms. The second-order valence-electron chi connectivity index (χ2n) is 2.15. The molecule has 4 heteroatoms. The highest BCUT2D eigenvalue weighted by molar-refractivity contribution is 7.19. The second-order valence-corrected chi connectivity index (χ2v) is 3.16. The van der Waals surface area contributed by atoms with Gasteiger partial charge in [0.1, 0.15) is 5.00 Å². The molecule has 0 fully saturated rings. The molecule has 1 aromatic rings. The van der Waals surface area contributed by atoms with Gasteiger partial charge in [-0.3, -0.25) is 0 Å². The van der Waals surface area contributed by atoms with Crippen LogP contribution in [0.25, 0.3) is 0 Å². The largest absolute Gasteiger partial charge is 0.375 e. The molecule has 2 rings (SSSR count). The van der Waals surface area contributed by atoms with Crippen LogP contribution in [0.1, 0.15) is 12.1 Å². The van der Waals surface area contributed by atoms with Gasteiger partial charge in [-0.1, -0.05) is 11.3 Å². The number of anilines is 1. The molecule has 0 amide bonds. The number of aromatic nitrogens is 1. The number of rotatable bonds is 0. The molecule has 1 aliphatic heterocycles. The van der Waals surface area contributed by atoms with Gasteiger partial charge in [0.05, 0.1) is 5.69 Å². The molecule has 0 aliphatic carbocycles. The molecule has 2 N–H and O–H groups in total. The fourth-order valence-corrected chi connectivity index (χ4v) is 1.72. The van der Waals surface area contributed by atoms with Crippen LogP contribution in [0.4, 0.5) is 10.1 Å². The number of fused-ring (bicyclic) bond motifs is 1. The van der Waals surface area contributed by atoms with Crippen molar-refractivity contribution in [3.8, 4) is 0 Å². The first kappa shape index (κ1) is 5.85. The zero-order valence-corrected chi connectivity index (χ0v) is 6.19. The van der Waals surface area contributed by atoms with E-state index >= 15 is 0 Å². The van der Waals surface area contributed by atoms with Gasteiger partial charge in [-0.05, 0) is 12.8 Å². The van der Waals surface area contributed by atoms with E-state index < -0.39 is 0 Å². The van der Waals surface area contributed by atoms with Crippen molar-refractivity contribution in [2.75, 3.05) is 5.73 Å². The van der Waals surface area contributed by atoms with Crippen molar-refractivity contribution >= 4 is 27.7 Å². The maximum absolute atomic E-state index is 5.49. The first-order valence-corrected chi connectivity index (χ1v) is 3.95. The van der Waals surface area contributed by atoms with Crippen molar-refractivity contribution in [2.24, 2.45) is 4.99 Å². The molecule has 0 aromatic carbocycles. The summed E-state index contributed by atoms with van der Waals surface area (Å²) in [4.78, 5) is 8.30. The predicted octanol–water partition coefficient (Wildman–Crippen LogP) is 1.37. The standard InChI is InChI=1S/C6H7N3S/c7-6-9-4-2-1-3-8-5(4)10-6/h3H,1-2H2,(H2,7,9). The SMILES string of the molecule is Nc1nc2c(s1)N=CCC2. The summed E-state index contributed by atoms with van der Waals surface area (Å²) >= 11 is 1.46. The Labute approximate surface area is 62.6 Å². The maximum Gasteiger partial charge on any atom is 0.182 e. The van der Waals surface area contributed by atoms with E-state index in [2.05, 4.69) is 9.98 Å². The van der Waals surface area contributed by atoms with Crippen LogP contribution in [0.15, 0.2) is 4.99 Å². The second kappa shape index (κ2) is 2.05. The topological polar surface area (TPSA) is 51.3 Å². The summed E-state index contributed by atoms with van der Waals surface area (Å²) in [6.45, 7) is 0. The Kier molecular flexibility index (Phi) is 1.20. The number of nitrogens with two attached hydrogens (primary N) is 1. The molecule has 3 nitrogen and oxygen atoms in total. The van der Waals surface area contributed by atoms with Gasteiger partial charge in [0.2, 0.25) is 0 Å². The molecular formula is C6H7N3S. The van der Waals surface area contributed by atoms with Crippen molar-refractivity contribution in [2.45, 2.75) is 12.8 Å². The van der Waals surface area contributed by atoms with Crippen molar-refractivity contribution < 1.29 is 0 Å². The normalized spacial score (nSPS) is 15.2. The number of hydrogen-bond donors (Lipinski definition) is 1. The number of thiazole rings is 1. The van der Waals surface area contributed by atoms with E-state index in [0.717, 1.165) is 23.5 Å². The predicted molar refractivity (Wildman–Crippen MR) is 43.0 cm³/mol. The summed E-state index contributed by atoms with van der Waals surface area (Å²) in [5, 5.41) is 1.62. The Morgan fingerprint density at radius 2 is 2.50 bits per heavy atom. The highest BCUT2D eigenvalue weighted by Gasteiger charge is 2.09. The van der Waals surface area contributed by atoms with Crippen LogP contribution in [0.5, 0.6) is 0 Å². The summed E-state index contributed by atoms with van der Waals surface area (Å²) in [5.74, 6) is 0. The lowest BCUT2D eigenvalue weighted by Crippen LogP contribution is -1.92. The van der Waals surface area contributed by atoms with Crippen LogP contribution in [-0.2, 0) is 6.42 Å². The highest BCUT2D eigenvalue weighted by Crippen LogP contribution is 2.31. The Morgan fingerprint density at radius 3 is 3.30 bits per heavy atom. The van der Waals surface area contributed by atoms with Crippen LogP contribution in [0.2, 0.25) is 0 Å². The number of hydrogen-bond acceptors (Lipinski definition) is 4. The van der Waals surface area contributed by atoms with Gasteiger partial charge in [0.15, 0.2) is 5.13 Å². The fourth-order valence-electron chi connectivity index (χ4n) is 0.974. The molecule has 0 saturated heterocycles. The van der Waals surface area contributed by atoms with E-state index in [1.165, 1.54) is 11.3 Å². The maximum atomic E-state index is 5.49. The summed E-state index contributed by atoms with van der Waals surface area (Å²) in [5.41, 5.74) is 6.55. The lowest BCUT2D eigenvalue weighted by molar-refractivity contribution is 0.983. The lowest BCUT2D eigenvalue weighted by Gasteiger charge is -1.98. The van der Waals surface area contributed by atoms with Crippen LogP contribution in [0.3, 0.4) is 0 Å². The van der Waals surface area contributed by atoms with E-state index in [-0.39, 0.29) is 0 Å². The zero-order valence-electron chi connectivity index (χ0n) is 5.37. The molecule has 0 atom stereocenters. The first-order chi connectivity index (χ1) is 4.86. The third-order valence-corrected chi connectivity index (χ3v) is 2.25. The van der Waals surface area contributed by atoms with E-state index in [9.17, 15) is 0 Å². The average molecular weight is 153 g/mol. The quantitative estimate of drug-likeness (QED) is 0.612. The van der Waals surface area contributed by atoms with Gasteiger partial charge in [-0.15, -0.1) is 0 Å². The molecule has 1 aromatic heterocycles. The van der Waals surface area contributed by atoms with Gasteiger partial charge in [0.25, 0.3) is 0 Å². The van der Waals surface area contributed by atoms with Crippen molar-refractivity contribution in [3.05, 3.63) is 5.69 Å². The van der Waals surface area contributed by atoms with Gasteiger partial charge in [-0.25, -0.2) is 9.98 Å². The Bertz CT molecular complexity index is 277. The van der Waals surface area contributed by atoms with Crippen molar-refractivity contribution in [3.63, 3.8) is 0 Å². The Hall–Kier alpha value is -0.900. The summed E-state index contributed by atoms with van der Waals surface area (Å²) in [7, 11) is 0. The van der Waals surface area contributed by atoms with E-state index in [1.54, 1.807) is 0 Å². The zero-order chi connectivity index (χ0) is 6.97. The third kappa shape index (κ3) is 0.806. The molecule has 0 unspecified atom stereocenters. The van der Waals surface area contributed by atoms with Crippen molar-refractivity contribution in [1.82, 2.24) is 4.98 Å². The lowest BCUT2D eigenvalue weighted by atomic mass is 10.2. The van der Waals surface area contributed by atoms with E-state index in [4.69, 9.17) is 5.73 Å². The fraction of sp³-hybridized carbons (Fsp3) is 0.333. The molecule has 52 valence electrons. The van der Waals surface area contributed by atoms with Crippen LogP contribution < -0.4 is 5.73 Å². The number of aliphatic imine (C=N–C) groups is 1. The average Bonchev–Trinajstić information content (AvgIpc) is 2.27. The minimum atomic E-state index is 0.629. The van der Waals surface area contributed by atoms with Crippen LogP contribution in [0, 0.1) is 0 Å². The van der Waals surface area contributed by atoms with Crippen molar-refractivity contribution in [1.29, 1.82) is 0 Å². The van der Waals surface area contributed by atoms with Crippen LogP contribution >= 0.6 is 11.3 Å². The third-order valence-electron chi connectivity index (χ3n) is 1.41. The Morgan fingerprint density at radius 1 is 1.60 bits per heavy atom. The summed E-state index contributed by atoms with van der Waals surface area (Å²) in [6, 6.07) is 0. The molecule has 0 spiro atoms. The summed E-state index contributed by atoms with van der Waals surface area (Å²) in [6.07, 6.45) is 3.91. The molecule has 1 aliphatic rings. The number of nitrogen functional groups attached to an aromatic ring is 1. The first-order valence-electron chi connectivity index (χ1n) is 3.14. The Balaban J connectivity index is 2.53. The number of aryl methyl sites for hydroxylation is 1. The highest BCUT2D eigenvalue weighted by atomic mass is 32.1. The number of nitrogens with zero attached hydrogens (tertiary/aromatic N) is 2. The molecule has 2 heterocycles. The monoisotopic (exact) mass is 153 g/mol. The van der Waals surface area contributed by atoms with Gasteiger partial charge < -0.3 is 5.73 Å². The van der Waals surface area contributed by atoms with Gasteiger partial charge >= 0.3 is 0 Å². The smallest absolute Gasteiger partial charge is 0.182 e. The van der Waals surface area contributed by atoms with Gasteiger partial charge in [0, 0.05) is 6.21 Å². The van der Waals surface area contributed by atoms with E-state index in [0.29, 0.717) is 5.13 Å². The minimum Gasteiger partial charge on any atom is -0.375 e.